The second kappa shape index (κ2) is 7.81. The molecule has 7 aromatic rings. The molecule has 3 nitrogen and oxygen atoms in total. The van der Waals surface area contributed by atoms with Gasteiger partial charge in [0.2, 0.25) is 0 Å². The number of benzene rings is 5. The fourth-order valence-corrected chi connectivity index (χ4v) is 5.97. The number of para-hydroxylation sites is 2. The normalized spacial score (nSPS) is 12.2. The highest BCUT2D eigenvalue weighted by atomic mass is 15.1. The van der Waals surface area contributed by atoms with E-state index < -0.39 is 0 Å². The van der Waals surface area contributed by atoms with Crippen molar-refractivity contribution in [2.75, 3.05) is 0 Å². The van der Waals surface area contributed by atoms with Crippen molar-refractivity contribution in [1.82, 2.24) is 14.1 Å². The van der Waals surface area contributed by atoms with Crippen molar-refractivity contribution in [3.05, 3.63) is 139 Å². The summed E-state index contributed by atoms with van der Waals surface area (Å²) in [6, 6.07) is 41.5. The molecule has 0 atom stereocenters. The lowest BCUT2D eigenvalue weighted by Gasteiger charge is -2.13. The average Bonchev–Trinajstić information content (AvgIpc) is 3.67. The highest BCUT2D eigenvalue weighted by Crippen LogP contribution is 2.38. The lowest BCUT2D eigenvalue weighted by Crippen LogP contribution is -1.99. The molecule has 174 valence electrons. The van der Waals surface area contributed by atoms with E-state index in [1.807, 2.05) is 6.20 Å². The van der Waals surface area contributed by atoms with E-state index in [-0.39, 0.29) is 0 Å². The summed E-state index contributed by atoms with van der Waals surface area (Å²) in [5, 5.41) is 2.53. The van der Waals surface area contributed by atoms with Crippen molar-refractivity contribution in [1.29, 1.82) is 0 Å². The van der Waals surface area contributed by atoms with Crippen molar-refractivity contribution < 1.29 is 0 Å². The molecular formula is C34H23N3. The highest BCUT2D eigenvalue weighted by Gasteiger charge is 2.19. The lowest BCUT2D eigenvalue weighted by molar-refractivity contribution is 1.06. The molecule has 1 aliphatic carbocycles. The summed E-state index contributed by atoms with van der Waals surface area (Å²) in [5.41, 5.74) is 11.2. The number of aromatic nitrogens is 3. The van der Waals surface area contributed by atoms with Gasteiger partial charge < -0.3 is 4.57 Å². The smallest absolute Gasteiger partial charge is 0.144 e. The Morgan fingerprint density at radius 2 is 1.30 bits per heavy atom. The minimum atomic E-state index is 0.939. The summed E-state index contributed by atoms with van der Waals surface area (Å²) in [4.78, 5) is 4.80. The van der Waals surface area contributed by atoms with Crippen molar-refractivity contribution >= 4 is 21.8 Å². The Hall–Kier alpha value is -4.89. The molecule has 37 heavy (non-hydrogen) atoms. The lowest BCUT2D eigenvalue weighted by atomic mass is 10.1. The zero-order chi connectivity index (χ0) is 24.3. The predicted octanol–water partition coefficient (Wildman–Crippen LogP) is 8.21. The second-order valence-electron chi connectivity index (χ2n) is 9.72. The van der Waals surface area contributed by atoms with Gasteiger partial charge in [0.15, 0.2) is 0 Å². The van der Waals surface area contributed by atoms with Gasteiger partial charge in [0.25, 0.3) is 0 Å². The monoisotopic (exact) mass is 473 g/mol. The SMILES string of the molecule is c1cc(-c2nccn2-c2ccc3c(c2)-c2ccccc2C3)cc(-n2c3ccccc3c3ccccc32)c1. The number of imidazole rings is 1. The molecule has 5 aromatic carbocycles. The third-order valence-electron chi connectivity index (χ3n) is 7.64. The van der Waals surface area contributed by atoms with Crippen molar-refractivity contribution in [3.8, 4) is 33.9 Å². The van der Waals surface area contributed by atoms with E-state index >= 15 is 0 Å². The van der Waals surface area contributed by atoms with Crippen LogP contribution in [0.1, 0.15) is 11.1 Å². The zero-order valence-corrected chi connectivity index (χ0v) is 20.2. The van der Waals surface area contributed by atoms with Gasteiger partial charge in [-0.05, 0) is 65.1 Å². The van der Waals surface area contributed by atoms with E-state index in [0.29, 0.717) is 0 Å². The van der Waals surface area contributed by atoms with E-state index in [2.05, 4.69) is 131 Å². The van der Waals surface area contributed by atoms with Crippen LogP contribution in [0.3, 0.4) is 0 Å². The minimum Gasteiger partial charge on any atom is -0.309 e. The Morgan fingerprint density at radius 1 is 0.568 bits per heavy atom. The molecule has 1 aliphatic rings. The van der Waals surface area contributed by atoms with E-state index in [9.17, 15) is 0 Å². The Bertz CT molecular complexity index is 1920. The van der Waals surface area contributed by atoms with Crippen molar-refractivity contribution in [3.63, 3.8) is 0 Å². The van der Waals surface area contributed by atoms with Gasteiger partial charge in [0.1, 0.15) is 5.82 Å². The second-order valence-corrected chi connectivity index (χ2v) is 9.72. The summed E-state index contributed by atoms with van der Waals surface area (Å²) >= 11 is 0. The Morgan fingerprint density at radius 3 is 2.14 bits per heavy atom. The quantitative estimate of drug-likeness (QED) is 0.253. The topological polar surface area (TPSA) is 22.8 Å². The summed E-state index contributed by atoms with van der Waals surface area (Å²) in [6.07, 6.45) is 4.96. The number of rotatable bonds is 3. The maximum absolute atomic E-state index is 4.80. The van der Waals surface area contributed by atoms with Crippen LogP contribution < -0.4 is 0 Å². The van der Waals surface area contributed by atoms with Gasteiger partial charge in [-0.3, -0.25) is 4.57 Å². The van der Waals surface area contributed by atoms with Crippen LogP contribution in [-0.4, -0.2) is 14.1 Å². The summed E-state index contributed by atoms with van der Waals surface area (Å²) in [6.45, 7) is 0. The maximum Gasteiger partial charge on any atom is 0.144 e. The van der Waals surface area contributed by atoms with Crippen LogP contribution >= 0.6 is 0 Å². The molecule has 0 N–H and O–H groups in total. The van der Waals surface area contributed by atoms with Crippen molar-refractivity contribution in [2.45, 2.75) is 6.42 Å². The first-order valence-electron chi connectivity index (χ1n) is 12.7. The van der Waals surface area contributed by atoms with Crippen LogP contribution in [0, 0.1) is 0 Å². The van der Waals surface area contributed by atoms with Crippen LogP contribution in [0.4, 0.5) is 0 Å². The molecule has 0 saturated heterocycles. The third kappa shape index (κ3) is 3.04. The van der Waals surface area contributed by atoms with E-state index in [0.717, 1.165) is 29.2 Å². The molecule has 0 radical (unpaired) electrons. The zero-order valence-electron chi connectivity index (χ0n) is 20.2. The first kappa shape index (κ1) is 20.3. The van der Waals surface area contributed by atoms with Gasteiger partial charge in [-0.25, -0.2) is 4.98 Å². The molecule has 8 rings (SSSR count). The number of fused-ring (bicyclic) bond motifs is 6. The molecule has 0 bridgehead atoms. The molecule has 2 heterocycles. The number of hydrogen-bond donors (Lipinski definition) is 0. The molecule has 3 heteroatoms. The fourth-order valence-electron chi connectivity index (χ4n) is 5.97. The van der Waals surface area contributed by atoms with Crippen LogP contribution in [0.15, 0.2) is 128 Å². The Kier molecular flexibility index (Phi) is 4.29. The van der Waals surface area contributed by atoms with Crippen LogP contribution in [-0.2, 0) is 6.42 Å². The molecule has 0 amide bonds. The van der Waals surface area contributed by atoms with Gasteiger partial charge in [-0.2, -0.15) is 0 Å². The maximum atomic E-state index is 4.80. The summed E-state index contributed by atoms with van der Waals surface area (Å²) in [7, 11) is 0. The summed E-state index contributed by atoms with van der Waals surface area (Å²) in [5.74, 6) is 0.939. The van der Waals surface area contributed by atoms with Gasteiger partial charge >= 0.3 is 0 Å². The predicted molar refractivity (Wildman–Crippen MR) is 152 cm³/mol. The number of nitrogens with zero attached hydrogens (tertiary/aromatic N) is 3. The first-order chi connectivity index (χ1) is 18.3. The van der Waals surface area contributed by atoms with E-state index in [1.54, 1.807) is 0 Å². The van der Waals surface area contributed by atoms with Gasteiger partial charge in [-0.15, -0.1) is 0 Å². The first-order valence-corrected chi connectivity index (χ1v) is 12.7. The molecule has 0 saturated carbocycles. The average molecular weight is 474 g/mol. The minimum absolute atomic E-state index is 0.939. The number of hydrogen-bond acceptors (Lipinski definition) is 1. The molecular weight excluding hydrogens is 450 g/mol. The third-order valence-corrected chi connectivity index (χ3v) is 7.64. The fraction of sp³-hybridized carbons (Fsp3) is 0.0294. The largest absolute Gasteiger partial charge is 0.309 e. The molecule has 0 aliphatic heterocycles. The van der Waals surface area contributed by atoms with Gasteiger partial charge in [-0.1, -0.05) is 78.9 Å². The molecule has 2 aromatic heterocycles. The van der Waals surface area contributed by atoms with Crippen molar-refractivity contribution in [2.24, 2.45) is 0 Å². The van der Waals surface area contributed by atoms with E-state index in [4.69, 9.17) is 4.98 Å². The Labute approximate surface area is 214 Å². The standard InChI is InChI=1S/C34H23N3/c1-2-11-28-23(8-1)20-24-16-17-26(22-31(24)28)36-19-18-35-34(36)25-9-7-10-27(21-25)37-32-14-5-3-12-29(32)30-13-4-6-15-33(30)37/h1-19,21-22H,20H2. The van der Waals surface area contributed by atoms with Gasteiger partial charge in [0, 0.05) is 40.1 Å². The summed E-state index contributed by atoms with van der Waals surface area (Å²) < 4.78 is 4.56. The van der Waals surface area contributed by atoms with Crippen LogP contribution in [0.25, 0.3) is 55.7 Å². The Balaban J connectivity index is 1.27. The molecule has 0 fully saturated rings. The van der Waals surface area contributed by atoms with Gasteiger partial charge in [0.05, 0.1) is 11.0 Å². The van der Waals surface area contributed by atoms with Crippen LogP contribution in [0.5, 0.6) is 0 Å². The molecule has 0 unspecified atom stereocenters. The highest BCUT2D eigenvalue weighted by molar-refractivity contribution is 6.09. The van der Waals surface area contributed by atoms with Crippen LogP contribution in [0.2, 0.25) is 0 Å². The molecule has 0 spiro atoms. The van der Waals surface area contributed by atoms with E-state index in [1.165, 1.54) is 44.1 Å².